The van der Waals surface area contributed by atoms with Crippen LogP contribution in [0.5, 0.6) is 0 Å². The number of aliphatic hydroxyl groups is 1. The van der Waals surface area contributed by atoms with Crippen molar-refractivity contribution in [3.05, 3.63) is 35.7 Å². The van der Waals surface area contributed by atoms with Gasteiger partial charge < -0.3 is 14.7 Å². The molecule has 1 aromatic carbocycles. The highest BCUT2D eigenvalue weighted by molar-refractivity contribution is 7.14. The summed E-state index contributed by atoms with van der Waals surface area (Å²) >= 11 is 1.74. The lowest BCUT2D eigenvalue weighted by molar-refractivity contribution is -0.0520. The maximum absolute atomic E-state index is 10.8. The molecule has 3 fully saturated rings. The monoisotopic (exact) mass is 385 g/mol. The van der Waals surface area contributed by atoms with Gasteiger partial charge in [-0.1, -0.05) is 30.3 Å². The third-order valence-corrected chi connectivity index (χ3v) is 7.36. The SMILES string of the molecule is O[C@@H]1C[C@H]2CN(c3nc(-c4ccccc4)cs3)C[C@H]2C[C@H]1N1CCOCC1. The van der Waals surface area contributed by atoms with Crippen LogP contribution < -0.4 is 4.90 Å². The molecule has 0 unspecified atom stereocenters. The van der Waals surface area contributed by atoms with Crippen molar-refractivity contribution in [2.24, 2.45) is 11.8 Å². The van der Waals surface area contributed by atoms with Gasteiger partial charge in [0.15, 0.2) is 5.13 Å². The van der Waals surface area contributed by atoms with E-state index in [1.54, 1.807) is 11.3 Å². The van der Waals surface area contributed by atoms with Gasteiger partial charge >= 0.3 is 0 Å². The average molecular weight is 386 g/mol. The molecule has 144 valence electrons. The first-order valence-electron chi connectivity index (χ1n) is 10.0. The average Bonchev–Trinajstić information content (AvgIpc) is 3.35. The van der Waals surface area contributed by atoms with Crippen molar-refractivity contribution in [2.45, 2.75) is 25.0 Å². The summed E-state index contributed by atoms with van der Waals surface area (Å²) in [6.07, 6.45) is 1.81. The number of thiazole rings is 1. The number of morpholine rings is 1. The molecular weight excluding hydrogens is 358 g/mol. The molecule has 1 aliphatic carbocycles. The zero-order valence-corrected chi connectivity index (χ0v) is 16.4. The Bertz CT molecular complexity index is 762. The van der Waals surface area contributed by atoms with E-state index in [1.165, 1.54) is 5.56 Å². The summed E-state index contributed by atoms with van der Waals surface area (Å²) in [5.74, 6) is 1.24. The van der Waals surface area contributed by atoms with Crippen LogP contribution in [-0.2, 0) is 4.74 Å². The van der Waals surface area contributed by atoms with Gasteiger partial charge in [0.2, 0.25) is 0 Å². The lowest BCUT2D eigenvalue weighted by Crippen LogP contribution is -2.53. The molecule has 1 aromatic heterocycles. The van der Waals surface area contributed by atoms with Crippen molar-refractivity contribution in [2.75, 3.05) is 44.3 Å². The Labute approximate surface area is 164 Å². The van der Waals surface area contributed by atoms with E-state index in [1.807, 2.05) is 6.07 Å². The Balaban J connectivity index is 1.28. The predicted molar refractivity (Wildman–Crippen MR) is 108 cm³/mol. The highest BCUT2D eigenvalue weighted by Gasteiger charge is 2.44. The van der Waals surface area contributed by atoms with Gasteiger partial charge in [0.05, 0.1) is 25.0 Å². The second kappa shape index (κ2) is 7.51. The summed E-state index contributed by atoms with van der Waals surface area (Å²) in [6.45, 7) is 5.60. The zero-order chi connectivity index (χ0) is 18.2. The molecule has 27 heavy (non-hydrogen) atoms. The van der Waals surface area contributed by atoms with Gasteiger partial charge in [-0.3, -0.25) is 4.90 Å². The third-order valence-electron chi connectivity index (χ3n) is 6.46. The Hall–Kier alpha value is -1.47. The number of anilines is 1. The molecule has 3 aliphatic rings. The molecule has 1 saturated carbocycles. The Morgan fingerprint density at radius 3 is 2.56 bits per heavy atom. The van der Waals surface area contributed by atoms with E-state index in [0.29, 0.717) is 17.9 Å². The minimum atomic E-state index is -0.208. The van der Waals surface area contributed by atoms with E-state index in [9.17, 15) is 5.11 Å². The summed E-state index contributed by atoms with van der Waals surface area (Å²) in [5, 5.41) is 14.1. The largest absolute Gasteiger partial charge is 0.391 e. The van der Waals surface area contributed by atoms with Crippen LogP contribution in [0.1, 0.15) is 12.8 Å². The minimum Gasteiger partial charge on any atom is -0.391 e. The number of fused-ring (bicyclic) bond motifs is 1. The normalized spacial score (nSPS) is 31.8. The summed E-state index contributed by atoms with van der Waals surface area (Å²) in [5.41, 5.74) is 2.25. The fourth-order valence-corrected chi connectivity index (χ4v) is 5.87. The van der Waals surface area contributed by atoms with Gasteiger partial charge in [0, 0.05) is 43.2 Å². The van der Waals surface area contributed by atoms with E-state index in [-0.39, 0.29) is 6.10 Å². The maximum Gasteiger partial charge on any atom is 0.185 e. The minimum absolute atomic E-state index is 0.208. The smallest absolute Gasteiger partial charge is 0.185 e. The van der Waals surface area contributed by atoms with Gasteiger partial charge in [0.25, 0.3) is 0 Å². The van der Waals surface area contributed by atoms with Crippen molar-refractivity contribution in [3.8, 4) is 11.3 Å². The van der Waals surface area contributed by atoms with Crippen LogP contribution in [0.15, 0.2) is 35.7 Å². The number of ether oxygens (including phenoxy) is 1. The number of aromatic nitrogens is 1. The zero-order valence-electron chi connectivity index (χ0n) is 15.5. The quantitative estimate of drug-likeness (QED) is 0.880. The Morgan fingerprint density at radius 2 is 1.78 bits per heavy atom. The fraction of sp³-hybridized carbons (Fsp3) is 0.571. The molecule has 0 amide bonds. The van der Waals surface area contributed by atoms with Gasteiger partial charge in [-0.25, -0.2) is 4.98 Å². The molecule has 2 aliphatic heterocycles. The summed E-state index contributed by atoms with van der Waals surface area (Å²) in [4.78, 5) is 9.80. The molecular formula is C21H27N3O2S. The molecule has 1 N–H and O–H groups in total. The van der Waals surface area contributed by atoms with E-state index >= 15 is 0 Å². The molecule has 2 aromatic rings. The number of benzene rings is 1. The topological polar surface area (TPSA) is 48.8 Å². The Kier molecular flexibility index (Phi) is 4.90. The van der Waals surface area contributed by atoms with Crippen LogP contribution in [0.25, 0.3) is 11.3 Å². The molecule has 0 radical (unpaired) electrons. The Morgan fingerprint density at radius 1 is 1.04 bits per heavy atom. The molecule has 0 bridgehead atoms. The number of nitrogens with zero attached hydrogens (tertiary/aromatic N) is 3. The highest BCUT2D eigenvalue weighted by atomic mass is 32.1. The lowest BCUT2D eigenvalue weighted by Gasteiger charge is -2.43. The number of rotatable bonds is 3. The van der Waals surface area contributed by atoms with Gasteiger partial charge in [-0.15, -0.1) is 11.3 Å². The van der Waals surface area contributed by atoms with Gasteiger partial charge in [0.1, 0.15) is 0 Å². The fourth-order valence-electron chi connectivity index (χ4n) is 5.02. The van der Waals surface area contributed by atoms with E-state index in [2.05, 4.69) is 39.4 Å². The molecule has 2 saturated heterocycles. The van der Waals surface area contributed by atoms with Crippen LogP contribution in [-0.4, -0.2) is 66.5 Å². The van der Waals surface area contributed by atoms with Crippen molar-refractivity contribution in [1.82, 2.24) is 9.88 Å². The maximum atomic E-state index is 10.8. The second-order valence-electron chi connectivity index (χ2n) is 8.06. The lowest BCUT2D eigenvalue weighted by atomic mass is 9.77. The van der Waals surface area contributed by atoms with Crippen LogP contribution in [0, 0.1) is 11.8 Å². The predicted octanol–water partition coefficient (Wildman–Crippen LogP) is 2.72. The number of hydrogen-bond acceptors (Lipinski definition) is 6. The summed E-state index contributed by atoms with van der Waals surface area (Å²) in [6, 6.07) is 10.7. The second-order valence-corrected chi connectivity index (χ2v) is 8.90. The third kappa shape index (κ3) is 3.51. The first-order chi connectivity index (χ1) is 13.3. The first kappa shape index (κ1) is 17.6. The van der Waals surface area contributed by atoms with Crippen molar-refractivity contribution in [1.29, 1.82) is 0 Å². The van der Waals surface area contributed by atoms with E-state index in [0.717, 1.165) is 63.1 Å². The highest BCUT2D eigenvalue weighted by Crippen LogP contribution is 2.41. The molecule has 6 heteroatoms. The van der Waals surface area contributed by atoms with Crippen LogP contribution in [0.2, 0.25) is 0 Å². The van der Waals surface area contributed by atoms with E-state index < -0.39 is 0 Å². The van der Waals surface area contributed by atoms with Crippen molar-refractivity contribution >= 4 is 16.5 Å². The van der Waals surface area contributed by atoms with Gasteiger partial charge in [-0.05, 0) is 24.7 Å². The molecule has 0 spiro atoms. The molecule has 4 atom stereocenters. The van der Waals surface area contributed by atoms with Crippen LogP contribution in [0.4, 0.5) is 5.13 Å². The molecule has 5 rings (SSSR count). The van der Waals surface area contributed by atoms with E-state index in [4.69, 9.17) is 9.72 Å². The van der Waals surface area contributed by atoms with Crippen LogP contribution >= 0.6 is 11.3 Å². The van der Waals surface area contributed by atoms with Crippen molar-refractivity contribution < 1.29 is 9.84 Å². The summed E-state index contributed by atoms with van der Waals surface area (Å²) < 4.78 is 5.49. The first-order valence-corrected chi connectivity index (χ1v) is 10.9. The van der Waals surface area contributed by atoms with Gasteiger partial charge in [-0.2, -0.15) is 0 Å². The number of hydrogen-bond donors (Lipinski definition) is 1. The van der Waals surface area contributed by atoms with Crippen LogP contribution in [0.3, 0.4) is 0 Å². The number of aliphatic hydroxyl groups excluding tert-OH is 1. The molecule has 5 nitrogen and oxygen atoms in total. The summed E-state index contributed by atoms with van der Waals surface area (Å²) in [7, 11) is 0. The molecule has 3 heterocycles. The van der Waals surface area contributed by atoms with Crippen molar-refractivity contribution in [3.63, 3.8) is 0 Å². The standard InChI is InChI=1S/C21H27N3O2S/c25-20-11-17-13-24(12-16(17)10-19(20)23-6-8-26-9-7-23)21-22-18(14-27-21)15-4-2-1-3-5-15/h1-5,14,16-17,19-20,25H,6-13H2/t16-,17+,19-,20-/m1/s1.